The van der Waals surface area contributed by atoms with Crippen LogP contribution in [-0.2, 0) is 0 Å². The molecule has 0 radical (unpaired) electrons. The van der Waals surface area contributed by atoms with Crippen LogP contribution in [0.2, 0.25) is 0 Å². The number of carbonyl (C=O) groups is 1. The molecule has 6 heteroatoms. The smallest absolute Gasteiger partial charge is 0.317 e. The van der Waals surface area contributed by atoms with Gasteiger partial charge in [-0.15, -0.1) is 0 Å². The second kappa shape index (κ2) is 5.73. The number of nitrogens with zero attached hydrogens (tertiary/aromatic N) is 1. The number of hydrogen-bond acceptors (Lipinski definition) is 2. The van der Waals surface area contributed by atoms with Crippen molar-refractivity contribution in [2.24, 2.45) is 0 Å². The second-order valence-electron chi connectivity index (χ2n) is 3.74. The fraction of sp³-hybridized carbons (Fsp3) is 0.364. The summed E-state index contributed by atoms with van der Waals surface area (Å²) >= 11 is 6.97. The largest absolute Gasteiger partial charge is 0.381 e. The molecule has 1 aromatic rings. The Morgan fingerprint density at radius 3 is 2.65 bits per heavy atom. The van der Waals surface area contributed by atoms with E-state index in [1.165, 1.54) is 0 Å². The molecule has 1 heterocycles. The van der Waals surface area contributed by atoms with Gasteiger partial charge in [0.2, 0.25) is 0 Å². The van der Waals surface area contributed by atoms with Crippen LogP contribution < -0.4 is 10.6 Å². The van der Waals surface area contributed by atoms with Gasteiger partial charge < -0.3 is 15.5 Å². The summed E-state index contributed by atoms with van der Waals surface area (Å²) in [6.45, 7) is 2.98. The van der Waals surface area contributed by atoms with Gasteiger partial charge in [0.1, 0.15) is 0 Å². The predicted molar refractivity (Wildman–Crippen MR) is 75.3 cm³/mol. The van der Waals surface area contributed by atoms with Gasteiger partial charge in [0.05, 0.1) is 5.69 Å². The van der Waals surface area contributed by atoms with E-state index in [0.717, 1.165) is 34.3 Å². The van der Waals surface area contributed by atoms with E-state index in [1.807, 2.05) is 18.2 Å². The van der Waals surface area contributed by atoms with Crippen LogP contribution >= 0.6 is 31.9 Å². The molecule has 1 saturated heterocycles. The van der Waals surface area contributed by atoms with Gasteiger partial charge in [-0.05, 0) is 44.0 Å². The molecule has 0 spiro atoms. The number of anilines is 1. The number of benzene rings is 1. The van der Waals surface area contributed by atoms with E-state index >= 15 is 0 Å². The molecule has 92 valence electrons. The van der Waals surface area contributed by atoms with Crippen LogP contribution in [0.5, 0.6) is 0 Å². The standard InChI is InChI=1S/C11H13Br2N3O/c12-8-2-1-3-9(13)10(8)14-4-6-16-7-5-15-11(16)17/h1-3,14H,4-7H2,(H,15,17). The van der Waals surface area contributed by atoms with E-state index in [9.17, 15) is 4.79 Å². The Labute approximate surface area is 117 Å². The number of para-hydroxylation sites is 1. The third kappa shape index (κ3) is 3.13. The Bertz CT molecular complexity index is 405. The average molecular weight is 363 g/mol. The lowest BCUT2D eigenvalue weighted by molar-refractivity contribution is 0.219. The highest BCUT2D eigenvalue weighted by molar-refractivity contribution is 9.11. The highest BCUT2D eigenvalue weighted by Crippen LogP contribution is 2.30. The summed E-state index contributed by atoms with van der Waals surface area (Å²) in [7, 11) is 0. The zero-order valence-corrected chi connectivity index (χ0v) is 12.3. The normalized spacial score (nSPS) is 14.9. The van der Waals surface area contributed by atoms with Gasteiger partial charge >= 0.3 is 6.03 Å². The van der Waals surface area contributed by atoms with Crippen LogP contribution in [0.4, 0.5) is 10.5 Å². The number of rotatable bonds is 4. The van der Waals surface area contributed by atoms with E-state index in [1.54, 1.807) is 4.90 Å². The minimum absolute atomic E-state index is 0.0259. The van der Waals surface area contributed by atoms with Gasteiger partial charge in [0, 0.05) is 35.1 Å². The van der Waals surface area contributed by atoms with Crippen LogP contribution in [0, 0.1) is 0 Å². The Balaban J connectivity index is 1.88. The second-order valence-corrected chi connectivity index (χ2v) is 5.45. The number of carbonyl (C=O) groups excluding carboxylic acids is 1. The maximum absolute atomic E-state index is 11.3. The maximum atomic E-state index is 11.3. The zero-order valence-electron chi connectivity index (χ0n) is 9.17. The van der Waals surface area contributed by atoms with Gasteiger partial charge in [-0.2, -0.15) is 0 Å². The predicted octanol–water partition coefficient (Wildman–Crippen LogP) is 2.65. The minimum Gasteiger partial charge on any atom is -0.381 e. The maximum Gasteiger partial charge on any atom is 0.317 e. The van der Waals surface area contributed by atoms with Crippen LogP contribution in [0.25, 0.3) is 0 Å². The molecule has 2 rings (SSSR count). The molecule has 0 saturated carbocycles. The first kappa shape index (κ1) is 12.7. The third-order valence-corrected chi connectivity index (χ3v) is 3.91. The minimum atomic E-state index is 0.0259. The number of halogens is 2. The molecule has 17 heavy (non-hydrogen) atoms. The molecule has 0 unspecified atom stereocenters. The summed E-state index contributed by atoms with van der Waals surface area (Å²) in [4.78, 5) is 13.1. The quantitative estimate of drug-likeness (QED) is 0.864. The molecule has 1 aliphatic heterocycles. The molecule has 0 aromatic heterocycles. The molecule has 1 aliphatic rings. The number of amides is 2. The monoisotopic (exact) mass is 361 g/mol. The summed E-state index contributed by atoms with van der Waals surface area (Å²) in [5.74, 6) is 0. The lowest BCUT2D eigenvalue weighted by atomic mass is 10.3. The molecule has 1 fully saturated rings. The van der Waals surface area contributed by atoms with E-state index in [2.05, 4.69) is 42.5 Å². The first-order chi connectivity index (χ1) is 8.18. The van der Waals surface area contributed by atoms with Crippen molar-refractivity contribution in [1.29, 1.82) is 0 Å². The molecule has 2 N–H and O–H groups in total. The summed E-state index contributed by atoms with van der Waals surface area (Å²) in [6.07, 6.45) is 0. The zero-order chi connectivity index (χ0) is 12.3. The van der Waals surface area contributed by atoms with E-state index in [4.69, 9.17) is 0 Å². The first-order valence-electron chi connectivity index (χ1n) is 5.39. The van der Waals surface area contributed by atoms with Gasteiger partial charge in [-0.25, -0.2) is 4.79 Å². The van der Waals surface area contributed by atoms with Crippen molar-refractivity contribution in [3.05, 3.63) is 27.1 Å². The average Bonchev–Trinajstić information content (AvgIpc) is 2.69. The van der Waals surface area contributed by atoms with Crippen molar-refractivity contribution in [2.45, 2.75) is 0 Å². The Kier molecular flexibility index (Phi) is 4.28. The summed E-state index contributed by atoms with van der Waals surface area (Å²) in [6, 6.07) is 5.96. The van der Waals surface area contributed by atoms with E-state index < -0.39 is 0 Å². The number of nitrogens with one attached hydrogen (secondary N) is 2. The molecule has 2 amide bonds. The highest BCUT2D eigenvalue weighted by Gasteiger charge is 2.18. The van der Waals surface area contributed by atoms with Crippen molar-refractivity contribution < 1.29 is 4.79 Å². The fourth-order valence-corrected chi connectivity index (χ4v) is 2.99. The van der Waals surface area contributed by atoms with Crippen molar-refractivity contribution in [2.75, 3.05) is 31.5 Å². The van der Waals surface area contributed by atoms with Crippen molar-refractivity contribution in [3.8, 4) is 0 Å². The van der Waals surface area contributed by atoms with Gasteiger partial charge in [-0.1, -0.05) is 6.07 Å². The fourth-order valence-electron chi connectivity index (χ4n) is 1.71. The van der Waals surface area contributed by atoms with Gasteiger partial charge in [0.25, 0.3) is 0 Å². The van der Waals surface area contributed by atoms with Crippen molar-refractivity contribution in [1.82, 2.24) is 10.2 Å². The molecular formula is C11H13Br2N3O. The summed E-state index contributed by atoms with van der Waals surface area (Å²) in [5.41, 5.74) is 1.02. The van der Waals surface area contributed by atoms with Crippen LogP contribution in [0.3, 0.4) is 0 Å². The molecular weight excluding hydrogens is 350 g/mol. The third-order valence-electron chi connectivity index (χ3n) is 2.59. The molecule has 1 aromatic carbocycles. The SMILES string of the molecule is O=C1NCCN1CCNc1c(Br)cccc1Br. The Morgan fingerprint density at radius 1 is 1.35 bits per heavy atom. The molecule has 0 aliphatic carbocycles. The lowest BCUT2D eigenvalue weighted by Crippen LogP contribution is -2.32. The highest BCUT2D eigenvalue weighted by atomic mass is 79.9. The number of urea groups is 1. The molecule has 0 atom stereocenters. The van der Waals surface area contributed by atoms with E-state index in [0.29, 0.717) is 6.54 Å². The molecule has 0 bridgehead atoms. The molecule has 4 nitrogen and oxygen atoms in total. The van der Waals surface area contributed by atoms with Crippen molar-refractivity contribution >= 4 is 43.6 Å². The first-order valence-corrected chi connectivity index (χ1v) is 6.98. The van der Waals surface area contributed by atoms with Gasteiger partial charge in [-0.3, -0.25) is 0 Å². The van der Waals surface area contributed by atoms with E-state index in [-0.39, 0.29) is 6.03 Å². The van der Waals surface area contributed by atoms with Crippen LogP contribution in [-0.4, -0.2) is 37.1 Å². The summed E-state index contributed by atoms with van der Waals surface area (Å²) < 4.78 is 2.02. The Hall–Kier alpha value is -0.750. The van der Waals surface area contributed by atoms with Gasteiger partial charge in [0.15, 0.2) is 0 Å². The Morgan fingerprint density at radius 2 is 2.06 bits per heavy atom. The topological polar surface area (TPSA) is 44.4 Å². The van der Waals surface area contributed by atoms with Crippen LogP contribution in [0.1, 0.15) is 0 Å². The number of hydrogen-bond donors (Lipinski definition) is 2. The van der Waals surface area contributed by atoms with Crippen LogP contribution in [0.15, 0.2) is 27.1 Å². The summed E-state index contributed by atoms with van der Waals surface area (Å²) in [5, 5.41) is 6.09. The van der Waals surface area contributed by atoms with Crippen molar-refractivity contribution in [3.63, 3.8) is 0 Å². The lowest BCUT2D eigenvalue weighted by Gasteiger charge is -2.16.